The van der Waals surface area contributed by atoms with E-state index in [4.69, 9.17) is 0 Å². The number of benzene rings is 2. The number of hydrogen-bond donors (Lipinski definition) is 0. The number of rotatable bonds is 4. The summed E-state index contributed by atoms with van der Waals surface area (Å²) in [6, 6.07) is 19.3. The van der Waals surface area contributed by atoms with Gasteiger partial charge in [-0.2, -0.15) is 6.08 Å². The molecule has 1 aliphatic carbocycles. The fourth-order valence-electron chi connectivity index (χ4n) is 4.02. The van der Waals surface area contributed by atoms with Crippen LogP contribution in [-0.4, -0.2) is 5.43 Å². The number of hydrogen-bond acceptors (Lipinski definition) is 0. The van der Waals surface area contributed by atoms with Gasteiger partial charge in [-0.3, -0.25) is 6.08 Å². The smallest absolute Gasteiger partial charge is 0.109 e. The van der Waals surface area contributed by atoms with Crippen molar-refractivity contribution >= 4 is 27.0 Å². The van der Waals surface area contributed by atoms with E-state index in [0.717, 1.165) is 6.42 Å². The number of halogens is 2. The summed E-state index contributed by atoms with van der Waals surface area (Å²) in [4.78, 5) is 0. The molecule has 3 aromatic rings. The van der Waals surface area contributed by atoms with E-state index < -0.39 is 0 Å². The third-order valence-electron chi connectivity index (χ3n) is 6.13. The fourth-order valence-corrected chi connectivity index (χ4v) is 9.17. The second-order valence-corrected chi connectivity index (χ2v) is 18.8. The summed E-state index contributed by atoms with van der Waals surface area (Å²) in [5.41, 5.74) is 3.41. The molecule has 0 saturated heterocycles. The predicted molar refractivity (Wildman–Crippen MR) is 152 cm³/mol. The first-order valence-corrected chi connectivity index (χ1v) is 18.5. The Morgan fingerprint density at radius 1 is 0.806 bits per heavy atom. The van der Waals surface area contributed by atoms with E-state index in [0.29, 0.717) is 0 Å². The molecule has 0 amide bonds. The molecule has 4 rings (SSSR count). The van der Waals surface area contributed by atoms with Crippen LogP contribution in [0.4, 0.5) is 0 Å². The molecule has 0 spiro atoms. The van der Waals surface area contributed by atoms with Gasteiger partial charge in [-0.1, -0.05) is 76.9 Å². The molecule has 0 aromatic heterocycles. The van der Waals surface area contributed by atoms with Gasteiger partial charge in [0.05, 0.1) is 0 Å². The third kappa shape index (κ3) is 11.1. The van der Waals surface area contributed by atoms with Crippen LogP contribution in [0.1, 0.15) is 85.8 Å². The summed E-state index contributed by atoms with van der Waals surface area (Å²) in [5.74, 6) is 0. The van der Waals surface area contributed by atoms with E-state index in [2.05, 4.69) is 110 Å². The molecule has 0 aliphatic heterocycles. The Kier molecular flexibility index (Phi) is 16.2. The van der Waals surface area contributed by atoms with Crippen molar-refractivity contribution in [2.45, 2.75) is 97.6 Å². The quantitative estimate of drug-likeness (QED) is 0.307. The number of fused-ring (bicyclic) bond motifs is 3. The Balaban J connectivity index is 0.000000681. The van der Waals surface area contributed by atoms with Crippen LogP contribution in [-0.2, 0) is 34.2 Å². The van der Waals surface area contributed by atoms with E-state index in [1.165, 1.54) is 45.5 Å². The predicted octanol–water partition coefficient (Wildman–Crippen LogP) is 3.97. The summed E-state index contributed by atoms with van der Waals surface area (Å²) in [7, 11) is 0. The molecule has 0 bridgehead atoms. The van der Waals surface area contributed by atoms with Crippen molar-refractivity contribution in [2.24, 2.45) is 0 Å². The Labute approximate surface area is 249 Å². The van der Waals surface area contributed by atoms with Gasteiger partial charge < -0.3 is 24.8 Å². The van der Waals surface area contributed by atoms with Gasteiger partial charge in [0.1, 0.15) is 0 Å². The monoisotopic (exact) mass is 616 g/mol. The molecule has 3 aromatic carbocycles. The zero-order chi connectivity index (χ0) is 25.4. The molecule has 196 valence electrons. The topological polar surface area (TPSA) is 0 Å². The SMILES string of the molecule is CC(C)(C)c1ccc2c(c1)[cH-]c1cc(C(C)(C)C)ccc12.CCC[Si](=[Zr+2])CCC.[C-]1=CC=CC1.[Cl-].[Cl-]. The van der Waals surface area contributed by atoms with Crippen molar-refractivity contribution in [3.05, 3.63) is 77.9 Å². The minimum Gasteiger partial charge on any atom is -1.00 e. The van der Waals surface area contributed by atoms with E-state index in [1.807, 2.05) is 35.5 Å². The maximum atomic E-state index is 2.99. The zero-order valence-corrected chi connectivity index (χ0v) is 28.5. The van der Waals surface area contributed by atoms with Gasteiger partial charge in [-0.15, -0.1) is 46.2 Å². The van der Waals surface area contributed by atoms with Crippen molar-refractivity contribution < 1.29 is 48.1 Å². The molecule has 0 saturated carbocycles. The van der Waals surface area contributed by atoms with Gasteiger partial charge in [0.15, 0.2) is 0 Å². The van der Waals surface area contributed by atoms with Crippen LogP contribution >= 0.6 is 0 Å². The van der Waals surface area contributed by atoms with Crippen LogP contribution in [0.15, 0.2) is 60.7 Å². The van der Waals surface area contributed by atoms with Gasteiger partial charge >= 0.3 is 67.5 Å². The Morgan fingerprint density at radius 2 is 1.25 bits per heavy atom. The minimum absolute atomic E-state index is 0. The first-order valence-electron chi connectivity index (χ1n) is 12.9. The summed E-state index contributed by atoms with van der Waals surface area (Å²) in [6.45, 7) is 18.2. The van der Waals surface area contributed by atoms with Gasteiger partial charge in [0, 0.05) is 0 Å². The van der Waals surface area contributed by atoms with Crippen molar-refractivity contribution in [3.8, 4) is 0 Å². The molecule has 0 fully saturated rings. The average molecular weight is 619 g/mol. The van der Waals surface area contributed by atoms with Gasteiger partial charge in [0.2, 0.25) is 0 Å². The summed E-state index contributed by atoms with van der Waals surface area (Å²) in [6.07, 6.45) is 12.8. The van der Waals surface area contributed by atoms with Crippen molar-refractivity contribution in [2.75, 3.05) is 0 Å². The van der Waals surface area contributed by atoms with E-state index in [9.17, 15) is 0 Å². The van der Waals surface area contributed by atoms with Crippen LogP contribution in [0.5, 0.6) is 0 Å². The molecule has 0 N–H and O–H groups in total. The van der Waals surface area contributed by atoms with Crippen molar-refractivity contribution in [1.82, 2.24) is 0 Å². The van der Waals surface area contributed by atoms with Gasteiger partial charge in [-0.25, -0.2) is 12.2 Å². The van der Waals surface area contributed by atoms with Crippen LogP contribution < -0.4 is 24.8 Å². The first kappa shape index (κ1) is 35.5. The van der Waals surface area contributed by atoms with Crippen molar-refractivity contribution in [3.63, 3.8) is 0 Å². The second-order valence-electron chi connectivity index (χ2n) is 11.4. The molecule has 4 heteroatoms. The largest absolute Gasteiger partial charge is 1.00 e. The van der Waals surface area contributed by atoms with Crippen molar-refractivity contribution in [1.29, 1.82) is 0 Å². The average Bonchev–Trinajstić information content (AvgIpc) is 3.44. The molecule has 0 nitrogen and oxygen atoms in total. The van der Waals surface area contributed by atoms with Gasteiger partial charge in [-0.05, 0) is 10.8 Å². The molecular formula is C32H44Cl2SiZr-2. The third-order valence-corrected chi connectivity index (χ3v) is 12.0. The molecular weight excluding hydrogens is 575 g/mol. The van der Waals surface area contributed by atoms with E-state index in [-0.39, 0.29) is 41.1 Å². The second kappa shape index (κ2) is 16.4. The zero-order valence-electron chi connectivity index (χ0n) is 23.6. The molecule has 0 unspecified atom stereocenters. The minimum atomic E-state index is 0. The molecule has 0 radical (unpaired) electrons. The van der Waals surface area contributed by atoms with E-state index in [1.54, 1.807) is 12.1 Å². The maximum absolute atomic E-state index is 2.99. The molecule has 1 aliphatic rings. The van der Waals surface area contributed by atoms with Crippen LogP contribution in [0, 0.1) is 6.08 Å². The Bertz CT molecular complexity index is 1050. The Morgan fingerprint density at radius 3 is 1.53 bits per heavy atom. The molecule has 0 atom stereocenters. The van der Waals surface area contributed by atoms with Crippen LogP contribution in [0.2, 0.25) is 12.1 Å². The normalized spacial score (nSPS) is 12.3. The molecule has 36 heavy (non-hydrogen) atoms. The van der Waals surface area contributed by atoms with E-state index >= 15 is 0 Å². The Hall–Kier alpha value is -0.530. The summed E-state index contributed by atoms with van der Waals surface area (Å²) in [5, 5.41) is 5.48. The van der Waals surface area contributed by atoms with Crippen LogP contribution in [0.3, 0.4) is 0 Å². The standard InChI is InChI=1S/C21H25.C6H14Si.C5H5.2ClH.Zr/c1-20(2,3)16-7-9-18-14(12-16)11-15-13-17(21(4,5)6)8-10-19(15)18;1-3-5-7-6-4-2;1-2-4-5-3-1;;;/h7-13H,1-6H3;3-6H2,1-2H3;1-3H,4H2;2*1H;/q-1;;-1;;;+2/p-2. The fraction of sp³-hybridized carbons (Fsp3) is 0.469. The number of allylic oxidation sites excluding steroid dienone is 4. The summed E-state index contributed by atoms with van der Waals surface area (Å²) < 4.78 is 0. The summed E-state index contributed by atoms with van der Waals surface area (Å²) >= 11 is 1.84. The maximum Gasteiger partial charge on any atom is -0.109 e. The first-order chi connectivity index (χ1) is 16.0. The molecule has 0 heterocycles. The van der Waals surface area contributed by atoms with Crippen LogP contribution in [0.25, 0.3) is 21.5 Å². The van der Waals surface area contributed by atoms with Gasteiger partial charge in [0.25, 0.3) is 0 Å².